The quantitative estimate of drug-likeness (QED) is 0.426. The lowest BCUT2D eigenvalue weighted by Gasteiger charge is -2.06. The largest absolute Gasteiger partial charge is 0.466 e. The average molecular weight is 298 g/mol. The van der Waals surface area contributed by atoms with E-state index in [4.69, 9.17) is 4.74 Å². The number of amides is 1. The summed E-state index contributed by atoms with van der Waals surface area (Å²) in [5.41, 5.74) is 0. The van der Waals surface area contributed by atoms with Gasteiger partial charge in [0.2, 0.25) is 11.7 Å². The van der Waals surface area contributed by atoms with Crippen LogP contribution < -0.4 is 5.32 Å². The number of nitrogens with one attached hydrogen (secondary N) is 1. The molecule has 0 spiro atoms. The smallest absolute Gasteiger partial charge is 0.381 e. The Hall–Kier alpha value is -2.45. The van der Waals surface area contributed by atoms with Gasteiger partial charge in [-0.2, -0.15) is 0 Å². The van der Waals surface area contributed by atoms with E-state index in [0.29, 0.717) is 12.4 Å². The molecule has 1 heterocycles. The normalized spacial score (nSPS) is 10.2. The van der Waals surface area contributed by atoms with Crippen molar-refractivity contribution < 1.29 is 19.2 Å². The number of esters is 1. The lowest BCUT2D eigenvalue weighted by Crippen LogP contribution is -2.30. The van der Waals surface area contributed by atoms with Crippen molar-refractivity contribution in [3.8, 4) is 0 Å². The molecular weight excluding hydrogens is 280 g/mol. The highest BCUT2D eigenvalue weighted by Crippen LogP contribution is 2.09. The van der Waals surface area contributed by atoms with Gasteiger partial charge in [-0.3, -0.25) is 14.2 Å². The molecule has 1 amide bonds. The van der Waals surface area contributed by atoms with Crippen LogP contribution in [0.15, 0.2) is 6.20 Å². The molecular formula is C12H18N4O5. The third-order valence-corrected chi connectivity index (χ3v) is 2.58. The number of imidazole rings is 1. The molecule has 0 bridgehead atoms. The third-order valence-electron chi connectivity index (χ3n) is 2.58. The SMILES string of the molecule is CCCOC(=O)CCNC(=O)Cn1cc([N+](=O)[O-])nc1C. The van der Waals surface area contributed by atoms with E-state index in [0.717, 1.165) is 6.42 Å². The van der Waals surface area contributed by atoms with Crippen molar-refractivity contribution in [1.82, 2.24) is 14.9 Å². The lowest BCUT2D eigenvalue weighted by molar-refractivity contribution is -0.389. The fourth-order valence-electron chi connectivity index (χ4n) is 1.54. The van der Waals surface area contributed by atoms with Crippen LogP contribution in [0.5, 0.6) is 0 Å². The van der Waals surface area contributed by atoms with Crippen LogP contribution in [-0.4, -0.2) is 39.5 Å². The molecule has 0 aromatic carbocycles. The minimum atomic E-state index is -0.620. The first-order valence-corrected chi connectivity index (χ1v) is 6.54. The van der Waals surface area contributed by atoms with Gasteiger partial charge in [0.25, 0.3) is 0 Å². The maximum absolute atomic E-state index is 11.7. The van der Waals surface area contributed by atoms with E-state index in [2.05, 4.69) is 10.3 Å². The summed E-state index contributed by atoms with van der Waals surface area (Å²) in [4.78, 5) is 36.5. The number of hydrogen-bond donors (Lipinski definition) is 1. The fourth-order valence-corrected chi connectivity index (χ4v) is 1.54. The number of nitro groups is 1. The molecule has 1 aromatic heterocycles. The second-order valence-corrected chi connectivity index (χ2v) is 4.35. The summed E-state index contributed by atoms with van der Waals surface area (Å²) < 4.78 is 6.24. The summed E-state index contributed by atoms with van der Waals surface area (Å²) in [6, 6.07) is 0. The molecule has 0 unspecified atom stereocenters. The molecule has 116 valence electrons. The molecule has 0 radical (unpaired) electrons. The lowest BCUT2D eigenvalue weighted by atomic mass is 10.4. The van der Waals surface area contributed by atoms with E-state index in [-0.39, 0.29) is 37.2 Å². The monoisotopic (exact) mass is 298 g/mol. The van der Waals surface area contributed by atoms with Crippen molar-refractivity contribution in [1.29, 1.82) is 0 Å². The Morgan fingerprint density at radius 1 is 1.52 bits per heavy atom. The van der Waals surface area contributed by atoms with Gasteiger partial charge in [0.05, 0.1) is 13.0 Å². The predicted molar refractivity (Wildman–Crippen MR) is 72.5 cm³/mol. The highest BCUT2D eigenvalue weighted by molar-refractivity contribution is 5.77. The molecule has 0 saturated heterocycles. The second kappa shape index (κ2) is 7.98. The number of hydrogen-bond acceptors (Lipinski definition) is 6. The number of ether oxygens (including phenoxy) is 1. The number of carbonyl (C=O) groups is 2. The van der Waals surface area contributed by atoms with Crippen molar-refractivity contribution in [2.24, 2.45) is 0 Å². The molecule has 0 saturated carbocycles. The predicted octanol–water partition coefficient (Wildman–Crippen LogP) is 0.559. The zero-order valence-corrected chi connectivity index (χ0v) is 12.0. The molecule has 0 aliphatic carbocycles. The maximum atomic E-state index is 11.7. The van der Waals surface area contributed by atoms with Crippen molar-refractivity contribution >= 4 is 17.7 Å². The summed E-state index contributed by atoms with van der Waals surface area (Å²) >= 11 is 0. The van der Waals surface area contributed by atoms with E-state index in [9.17, 15) is 19.7 Å². The van der Waals surface area contributed by atoms with E-state index in [1.807, 2.05) is 6.92 Å². The van der Waals surface area contributed by atoms with Gasteiger partial charge in [-0.05, 0) is 16.3 Å². The van der Waals surface area contributed by atoms with Crippen LogP contribution >= 0.6 is 0 Å². The molecule has 0 atom stereocenters. The van der Waals surface area contributed by atoms with Gasteiger partial charge in [-0.15, -0.1) is 0 Å². The first kappa shape index (κ1) is 16.6. The van der Waals surface area contributed by atoms with Gasteiger partial charge in [0.15, 0.2) is 0 Å². The van der Waals surface area contributed by atoms with E-state index >= 15 is 0 Å². The Labute approximate surface area is 121 Å². The van der Waals surface area contributed by atoms with Gasteiger partial charge in [0.1, 0.15) is 12.7 Å². The Kier molecular flexibility index (Phi) is 6.31. The number of carbonyl (C=O) groups excluding carboxylic acids is 2. The fraction of sp³-hybridized carbons (Fsp3) is 0.583. The molecule has 0 aliphatic heterocycles. The van der Waals surface area contributed by atoms with Gasteiger partial charge in [-0.25, -0.2) is 0 Å². The van der Waals surface area contributed by atoms with Crippen LogP contribution in [-0.2, 0) is 20.9 Å². The van der Waals surface area contributed by atoms with Crippen LogP contribution in [0.4, 0.5) is 5.82 Å². The zero-order chi connectivity index (χ0) is 15.8. The Balaban J connectivity index is 2.37. The van der Waals surface area contributed by atoms with E-state index < -0.39 is 4.92 Å². The van der Waals surface area contributed by atoms with Crippen molar-refractivity contribution in [2.75, 3.05) is 13.2 Å². The standard InChI is InChI=1S/C12H18N4O5/c1-3-6-21-12(18)4-5-13-11(17)8-15-7-10(16(19)20)14-9(15)2/h7H,3-6,8H2,1-2H3,(H,13,17). The van der Waals surface area contributed by atoms with Crippen LogP contribution in [0.3, 0.4) is 0 Å². The molecule has 21 heavy (non-hydrogen) atoms. The van der Waals surface area contributed by atoms with Crippen LogP contribution in [0.25, 0.3) is 0 Å². The maximum Gasteiger partial charge on any atom is 0.381 e. The van der Waals surface area contributed by atoms with Crippen molar-refractivity contribution in [3.05, 3.63) is 22.1 Å². The van der Waals surface area contributed by atoms with Crippen LogP contribution in [0.2, 0.25) is 0 Å². The van der Waals surface area contributed by atoms with Gasteiger partial charge in [0, 0.05) is 13.5 Å². The number of aromatic nitrogens is 2. The van der Waals surface area contributed by atoms with E-state index in [1.54, 1.807) is 6.92 Å². The molecule has 0 aliphatic rings. The minimum Gasteiger partial charge on any atom is -0.466 e. The van der Waals surface area contributed by atoms with Gasteiger partial charge >= 0.3 is 11.8 Å². The molecule has 1 rings (SSSR count). The van der Waals surface area contributed by atoms with E-state index in [1.165, 1.54) is 10.8 Å². The van der Waals surface area contributed by atoms with Gasteiger partial charge < -0.3 is 20.2 Å². The number of rotatable bonds is 8. The van der Waals surface area contributed by atoms with Gasteiger partial charge in [-0.1, -0.05) is 6.92 Å². The Bertz CT molecular complexity index is 526. The topological polar surface area (TPSA) is 116 Å². The molecule has 1 aromatic rings. The third kappa shape index (κ3) is 5.59. The summed E-state index contributed by atoms with van der Waals surface area (Å²) in [5, 5.41) is 13.1. The first-order valence-electron chi connectivity index (χ1n) is 6.54. The first-order chi connectivity index (χ1) is 9.93. The van der Waals surface area contributed by atoms with Crippen molar-refractivity contribution in [2.45, 2.75) is 33.2 Å². The Morgan fingerprint density at radius 2 is 2.24 bits per heavy atom. The molecule has 0 fully saturated rings. The minimum absolute atomic E-state index is 0.0866. The highest BCUT2D eigenvalue weighted by atomic mass is 16.6. The molecule has 9 nitrogen and oxygen atoms in total. The Morgan fingerprint density at radius 3 is 2.81 bits per heavy atom. The van der Waals surface area contributed by atoms with Crippen molar-refractivity contribution in [3.63, 3.8) is 0 Å². The number of nitrogens with zero attached hydrogens (tertiary/aromatic N) is 3. The van der Waals surface area contributed by atoms with Crippen LogP contribution in [0, 0.1) is 17.0 Å². The number of aryl methyl sites for hydroxylation is 1. The summed E-state index contributed by atoms with van der Waals surface area (Å²) in [6.45, 7) is 3.91. The summed E-state index contributed by atoms with van der Waals surface area (Å²) in [7, 11) is 0. The average Bonchev–Trinajstić information content (AvgIpc) is 2.78. The van der Waals surface area contributed by atoms with Crippen LogP contribution in [0.1, 0.15) is 25.6 Å². The molecule has 1 N–H and O–H groups in total. The molecule has 9 heteroatoms. The summed E-state index contributed by atoms with van der Waals surface area (Å²) in [6.07, 6.45) is 2.04. The second-order valence-electron chi connectivity index (χ2n) is 4.35. The zero-order valence-electron chi connectivity index (χ0n) is 12.0. The highest BCUT2D eigenvalue weighted by Gasteiger charge is 2.16. The summed E-state index contributed by atoms with van der Waals surface area (Å²) in [5.74, 6) is -0.650.